The van der Waals surface area contributed by atoms with Gasteiger partial charge >= 0.3 is 5.97 Å². The highest BCUT2D eigenvalue weighted by Crippen LogP contribution is 2.22. The van der Waals surface area contributed by atoms with Crippen molar-refractivity contribution >= 4 is 11.7 Å². The molecule has 2 rings (SSSR count). The minimum absolute atomic E-state index is 0.281. The first-order valence-corrected chi connectivity index (χ1v) is 7.05. The summed E-state index contributed by atoms with van der Waals surface area (Å²) in [5.74, 6) is -1.94. The fourth-order valence-corrected chi connectivity index (χ4v) is 2.78. The van der Waals surface area contributed by atoms with Crippen molar-refractivity contribution in [2.75, 3.05) is 25.5 Å². The van der Waals surface area contributed by atoms with Gasteiger partial charge in [0.2, 0.25) is 0 Å². The van der Waals surface area contributed by atoms with Crippen molar-refractivity contribution in [3.8, 4) is 0 Å². The van der Waals surface area contributed by atoms with Crippen molar-refractivity contribution in [2.45, 2.75) is 31.7 Å². The monoisotopic (exact) mass is 280 g/mol. The van der Waals surface area contributed by atoms with E-state index in [4.69, 9.17) is 5.11 Å². The van der Waals surface area contributed by atoms with Crippen LogP contribution in [0.3, 0.4) is 0 Å². The summed E-state index contributed by atoms with van der Waals surface area (Å²) < 4.78 is 13.5. The summed E-state index contributed by atoms with van der Waals surface area (Å²) in [5.41, 5.74) is 0.0633. The van der Waals surface area contributed by atoms with Crippen molar-refractivity contribution in [3.63, 3.8) is 0 Å². The molecule has 0 atom stereocenters. The minimum atomic E-state index is -1.24. The highest BCUT2D eigenvalue weighted by molar-refractivity contribution is 5.94. The van der Waals surface area contributed by atoms with Crippen LogP contribution in [0.2, 0.25) is 0 Å². The lowest BCUT2D eigenvalue weighted by atomic mass is 10.1. The molecule has 0 bridgehead atoms. The third kappa shape index (κ3) is 3.48. The molecule has 0 heterocycles. The maximum absolute atomic E-state index is 13.5. The number of benzene rings is 1. The van der Waals surface area contributed by atoms with E-state index in [1.54, 1.807) is 6.07 Å². The van der Waals surface area contributed by atoms with Gasteiger partial charge < -0.3 is 15.3 Å². The van der Waals surface area contributed by atoms with Crippen LogP contribution in [0, 0.1) is 5.82 Å². The molecule has 5 heteroatoms. The van der Waals surface area contributed by atoms with Crippen LogP contribution in [-0.2, 0) is 0 Å². The second-order valence-electron chi connectivity index (χ2n) is 5.31. The van der Waals surface area contributed by atoms with Crippen LogP contribution in [-0.4, -0.2) is 42.2 Å². The van der Waals surface area contributed by atoms with Crippen LogP contribution < -0.4 is 5.32 Å². The SMILES string of the molecule is CN(CCNc1cccc(F)c1C(=O)O)C1CCCC1. The average Bonchev–Trinajstić information content (AvgIpc) is 2.92. The van der Waals surface area contributed by atoms with E-state index in [2.05, 4.69) is 17.3 Å². The predicted molar refractivity (Wildman–Crippen MR) is 76.7 cm³/mol. The lowest BCUT2D eigenvalue weighted by Crippen LogP contribution is -2.33. The molecule has 1 aliphatic rings. The number of hydrogen-bond acceptors (Lipinski definition) is 3. The van der Waals surface area contributed by atoms with Gasteiger partial charge in [-0.05, 0) is 32.0 Å². The molecule has 0 amide bonds. The Morgan fingerprint density at radius 2 is 2.15 bits per heavy atom. The summed E-state index contributed by atoms with van der Waals surface area (Å²) in [5, 5.41) is 12.1. The zero-order chi connectivity index (χ0) is 14.5. The number of carbonyl (C=O) groups is 1. The fraction of sp³-hybridized carbons (Fsp3) is 0.533. The van der Waals surface area contributed by atoms with Crippen LogP contribution in [0.5, 0.6) is 0 Å². The second kappa shape index (κ2) is 6.70. The second-order valence-corrected chi connectivity index (χ2v) is 5.31. The number of aromatic carboxylic acids is 1. The molecule has 1 fully saturated rings. The van der Waals surface area contributed by atoms with Gasteiger partial charge in [0.25, 0.3) is 0 Å². The maximum atomic E-state index is 13.5. The highest BCUT2D eigenvalue weighted by Gasteiger charge is 2.19. The Labute approximate surface area is 118 Å². The Kier molecular flexibility index (Phi) is 4.95. The molecule has 4 nitrogen and oxygen atoms in total. The normalized spacial score (nSPS) is 15.8. The summed E-state index contributed by atoms with van der Waals surface area (Å²) >= 11 is 0. The molecular weight excluding hydrogens is 259 g/mol. The molecule has 1 aliphatic carbocycles. The van der Waals surface area contributed by atoms with Crippen LogP contribution in [0.1, 0.15) is 36.0 Å². The number of nitrogens with zero attached hydrogens (tertiary/aromatic N) is 1. The van der Waals surface area contributed by atoms with E-state index in [-0.39, 0.29) is 5.56 Å². The molecule has 0 saturated heterocycles. The molecule has 0 aromatic heterocycles. The third-order valence-electron chi connectivity index (χ3n) is 3.96. The van der Waals surface area contributed by atoms with Gasteiger partial charge in [-0.15, -0.1) is 0 Å². The largest absolute Gasteiger partial charge is 0.478 e. The molecule has 0 unspecified atom stereocenters. The van der Waals surface area contributed by atoms with Gasteiger partial charge in [0.15, 0.2) is 0 Å². The molecule has 2 N–H and O–H groups in total. The first-order chi connectivity index (χ1) is 9.59. The van der Waals surface area contributed by atoms with E-state index in [1.165, 1.54) is 37.8 Å². The average molecular weight is 280 g/mol. The molecular formula is C15H21FN2O2. The van der Waals surface area contributed by atoms with E-state index < -0.39 is 11.8 Å². The summed E-state index contributed by atoms with van der Waals surface area (Å²) in [6, 6.07) is 4.91. The third-order valence-corrected chi connectivity index (χ3v) is 3.96. The van der Waals surface area contributed by atoms with Gasteiger partial charge in [-0.3, -0.25) is 0 Å². The van der Waals surface area contributed by atoms with E-state index >= 15 is 0 Å². The number of carboxylic acids is 1. The van der Waals surface area contributed by atoms with Crippen LogP contribution in [0.15, 0.2) is 18.2 Å². The summed E-state index contributed by atoms with van der Waals surface area (Å²) in [6.07, 6.45) is 5.04. The van der Waals surface area contributed by atoms with Crippen LogP contribution >= 0.6 is 0 Å². The fourth-order valence-electron chi connectivity index (χ4n) is 2.78. The van der Waals surface area contributed by atoms with Crippen LogP contribution in [0.25, 0.3) is 0 Å². The summed E-state index contributed by atoms with van der Waals surface area (Å²) in [7, 11) is 2.08. The van der Waals surface area contributed by atoms with E-state index in [9.17, 15) is 9.18 Å². The topological polar surface area (TPSA) is 52.6 Å². The number of anilines is 1. The Morgan fingerprint density at radius 3 is 2.80 bits per heavy atom. The van der Waals surface area contributed by atoms with Crippen molar-refractivity contribution in [1.82, 2.24) is 4.90 Å². The molecule has 1 saturated carbocycles. The number of hydrogen-bond donors (Lipinski definition) is 2. The van der Waals surface area contributed by atoms with Crippen molar-refractivity contribution in [2.24, 2.45) is 0 Å². The lowest BCUT2D eigenvalue weighted by molar-refractivity contribution is 0.0693. The van der Waals surface area contributed by atoms with Gasteiger partial charge in [-0.1, -0.05) is 18.9 Å². The quantitative estimate of drug-likeness (QED) is 0.841. The molecule has 20 heavy (non-hydrogen) atoms. The zero-order valence-electron chi connectivity index (χ0n) is 11.7. The van der Waals surface area contributed by atoms with Crippen LogP contribution in [0.4, 0.5) is 10.1 Å². The van der Waals surface area contributed by atoms with Gasteiger partial charge in [0, 0.05) is 19.1 Å². The van der Waals surface area contributed by atoms with Crippen molar-refractivity contribution < 1.29 is 14.3 Å². The predicted octanol–water partition coefficient (Wildman–Crippen LogP) is 2.81. The number of halogens is 1. The lowest BCUT2D eigenvalue weighted by Gasteiger charge is -2.24. The molecule has 110 valence electrons. The molecule has 0 aliphatic heterocycles. The number of carboxylic acid groups (broad SMARTS) is 1. The van der Waals surface area contributed by atoms with Gasteiger partial charge in [0.1, 0.15) is 11.4 Å². The molecule has 0 spiro atoms. The Morgan fingerprint density at radius 1 is 1.45 bits per heavy atom. The van der Waals surface area contributed by atoms with E-state index in [0.29, 0.717) is 18.3 Å². The number of nitrogens with one attached hydrogen (secondary N) is 1. The molecule has 1 aromatic rings. The Bertz CT molecular complexity index is 473. The van der Waals surface area contributed by atoms with Gasteiger partial charge in [-0.2, -0.15) is 0 Å². The van der Waals surface area contributed by atoms with E-state index in [1.807, 2.05) is 0 Å². The summed E-state index contributed by atoms with van der Waals surface area (Å²) in [6.45, 7) is 1.43. The Hall–Kier alpha value is -1.62. The summed E-state index contributed by atoms with van der Waals surface area (Å²) in [4.78, 5) is 13.3. The van der Waals surface area contributed by atoms with Crippen molar-refractivity contribution in [1.29, 1.82) is 0 Å². The Balaban J connectivity index is 1.90. The van der Waals surface area contributed by atoms with Gasteiger partial charge in [0.05, 0.1) is 5.69 Å². The smallest absolute Gasteiger partial charge is 0.340 e. The highest BCUT2D eigenvalue weighted by atomic mass is 19.1. The van der Waals surface area contributed by atoms with E-state index in [0.717, 1.165) is 6.54 Å². The number of rotatable bonds is 6. The van der Waals surface area contributed by atoms with Crippen molar-refractivity contribution in [3.05, 3.63) is 29.6 Å². The first-order valence-electron chi connectivity index (χ1n) is 7.05. The maximum Gasteiger partial charge on any atom is 0.340 e. The number of likely N-dealkylation sites (N-methyl/N-ethyl adjacent to an activating group) is 1. The molecule has 1 aromatic carbocycles. The first kappa shape index (κ1) is 14.8. The van der Waals surface area contributed by atoms with Gasteiger partial charge in [-0.25, -0.2) is 9.18 Å². The minimum Gasteiger partial charge on any atom is -0.478 e. The zero-order valence-corrected chi connectivity index (χ0v) is 11.7. The molecule has 0 radical (unpaired) electrons. The standard InChI is InChI=1S/C15H21FN2O2/c1-18(11-5-2-3-6-11)10-9-17-13-8-4-7-12(16)14(13)15(19)20/h4,7-8,11,17H,2-3,5-6,9-10H2,1H3,(H,19,20).